The van der Waals surface area contributed by atoms with Gasteiger partial charge in [0, 0.05) is 11.1 Å². The summed E-state index contributed by atoms with van der Waals surface area (Å²) in [7, 11) is 0. The van der Waals surface area contributed by atoms with Crippen LogP contribution >= 0.6 is 11.6 Å². The van der Waals surface area contributed by atoms with E-state index in [0.29, 0.717) is 41.2 Å². The number of amides is 1. The van der Waals surface area contributed by atoms with E-state index in [9.17, 15) is 4.79 Å². The van der Waals surface area contributed by atoms with Gasteiger partial charge in [-0.1, -0.05) is 29.8 Å². The van der Waals surface area contributed by atoms with E-state index >= 15 is 0 Å². The van der Waals surface area contributed by atoms with E-state index in [2.05, 4.69) is 34.7 Å². The van der Waals surface area contributed by atoms with Gasteiger partial charge in [-0.2, -0.15) is 4.52 Å². The summed E-state index contributed by atoms with van der Waals surface area (Å²) >= 11 is 6.23. The molecule has 9 nitrogen and oxygen atoms in total. The molecule has 1 amide bonds. The van der Waals surface area contributed by atoms with Gasteiger partial charge in [-0.25, -0.2) is 4.98 Å². The van der Waals surface area contributed by atoms with Crippen molar-refractivity contribution in [3.63, 3.8) is 0 Å². The molecule has 2 aliphatic rings. The number of anilines is 1. The van der Waals surface area contributed by atoms with Crippen molar-refractivity contribution < 1.29 is 9.53 Å². The molecule has 1 atom stereocenters. The third-order valence-corrected chi connectivity index (χ3v) is 7.04. The number of rotatable bonds is 4. The van der Waals surface area contributed by atoms with Gasteiger partial charge in [-0.15, -0.1) is 15.3 Å². The Kier molecular flexibility index (Phi) is 5.42. The summed E-state index contributed by atoms with van der Waals surface area (Å²) in [6.07, 6.45) is 2.82. The van der Waals surface area contributed by atoms with Crippen LogP contribution in [-0.4, -0.2) is 48.5 Å². The minimum absolute atomic E-state index is 0.0832. The Morgan fingerprint density at radius 1 is 1.14 bits per heavy atom. The lowest BCUT2D eigenvalue weighted by atomic mass is 10.0. The fourth-order valence-corrected chi connectivity index (χ4v) is 5.24. The van der Waals surface area contributed by atoms with E-state index in [1.54, 1.807) is 9.42 Å². The van der Waals surface area contributed by atoms with Crippen LogP contribution in [0, 0.1) is 13.8 Å². The van der Waals surface area contributed by atoms with Crippen LogP contribution in [0.2, 0.25) is 5.02 Å². The quantitative estimate of drug-likeness (QED) is 0.400. The third kappa shape index (κ3) is 3.45. The molecule has 0 saturated heterocycles. The van der Waals surface area contributed by atoms with Crippen LogP contribution in [0.1, 0.15) is 71.3 Å². The standard InChI is InChI=1S/C26H26ClN7O2/c1-14(2)32-23-21(28-25(32)18-9-11-36-12-10-18)26(35)33(22(23)17-5-7-19(27)8-6-17)20-13-15(3)24-30-29-16(4)34(24)31-20/h5-9,13-14,22H,10-12H2,1-4H3/t22-/m0/s1. The van der Waals surface area contributed by atoms with Crippen molar-refractivity contribution in [3.8, 4) is 0 Å². The van der Waals surface area contributed by atoms with E-state index < -0.39 is 6.04 Å². The predicted molar refractivity (Wildman–Crippen MR) is 136 cm³/mol. The van der Waals surface area contributed by atoms with Gasteiger partial charge in [0.15, 0.2) is 23.0 Å². The maximum atomic E-state index is 14.1. The Labute approximate surface area is 213 Å². The second-order valence-electron chi connectivity index (χ2n) is 9.48. The number of nitrogens with zero attached hydrogens (tertiary/aromatic N) is 7. The Morgan fingerprint density at radius 3 is 2.61 bits per heavy atom. The fourth-order valence-electron chi connectivity index (χ4n) is 5.12. The predicted octanol–water partition coefficient (Wildman–Crippen LogP) is 4.73. The zero-order chi connectivity index (χ0) is 25.1. The number of carbonyl (C=O) groups is 1. The van der Waals surface area contributed by atoms with Crippen molar-refractivity contribution in [2.45, 2.75) is 46.2 Å². The van der Waals surface area contributed by atoms with Crippen LogP contribution in [-0.2, 0) is 4.74 Å². The molecule has 3 aromatic heterocycles. The van der Waals surface area contributed by atoms with Gasteiger partial charge < -0.3 is 9.30 Å². The Balaban J connectivity index is 1.59. The molecule has 6 rings (SSSR count). The van der Waals surface area contributed by atoms with Gasteiger partial charge in [0.1, 0.15) is 11.9 Å². The number of halogens is 1. The molecule has 184 valence electrons. The molecule has 0 radical (unpaired) electrons. The number of aromatic nitrogens is 6. The third-order valence-electron chi connectivity index (χ3n) is 6.78. The average Bonchev–Trinajstić information content (AvgIpc) is 3.52. The summed E-state index contributed by atoms with van der Waals surface area (Å²) in [4.78, 5) is 20.8. The highest BCUT2D eigenvalue weighted by Gasteiger charge is 2.45. The molecule has 0 spiro atoms. The summed E-state index contributed by atoms with van der Waals surface area (Å²) in [5, 5.41) is 13.8. The van der Waals surface area contributed by atoms with Crippen LogP contribution in [0.3, 0.4) is 0 Å². The molecule has 2 aliphatic heterocycles. The van der Waals surface area contributed by atoms with Crippen molar-refractivity contribution >= 4 is 34.5 Å². The van der Waals surface area contributed by atoms with Gasteiger partial charge >= 0.3 is 0 Å². The van der Waals surface area contributed by atoms with Crippen LogP contribution < -0.4 is 4.90 Å². The first kappa shape index (κ1) is 22.9. The number of aryl methyl sites for hydroxylation is 2. The van der Waals surface area contributed by atoms with E-state index in [1.165, 1.54) is 0 Å². The number of imidazole rings is 1. The Bertz CT molecular complexity index is 1530. The van der Waals surface area contributed by atoms with E-state index in [0.717, 1.165) is 34.6 Å². The molecule has 0 aliphatic carbocycles. The van der Waals surface area contributed by atoms with Crippen LogP contribution in [0.25, 0.3) is 11.2 Å². The topological polar surface area (TPSA) is 90.4 Å². The number of hydrogen-bond acceptors (Lipinski definition) is 6. The van der Waals surface area contributed by atoms with Crippen molar-refractivity contribution in [2.24, 2.45) is 0 Å². The Hall–Kier alpha value is -3.56. The minimum Gasteiger partial charge on any atom is -0.377 e. The number of fused-ring (bicyclic) bond motifs is 2. The highest BCUT2D eigenvalue weighted by molar-refractivity contribution is 6.30. The van der Waals surface area contributed by atoms with Gasteiger partial charge in [-0.05, 0) is 69.0 Å². The lowest BCUT2D eigenvalue weighted by molar-refractivity contribution is 0.0988. The summed E-state index contributed by atoms with van der Waals surface area (Å²) in [5.74, 6) is 1.82. The molecule has 36 heavy (non-hydrogen) atoms. The lowest BCUT2D eigenvalue weighted by Crippen LogP contribution is -2.32. The van der Waals surface area contributed by atoms with Crippen LogP contribution in [0.15, 0.2) is 36.4 Å². The highest BCUT2D eigenvalue weighted by atomic mass is 35.5. The second-order valence-corrected chi connectivity index (χ2v) is 9.92. The average molecular weight is 504 g/mol. The van der Waals surface area contributed by atoms with Crippen LogP contribution in [0.5, 0.6) is 0 Å². The molecule has 0 N–H and O–H groups in total. The monoisotopic (exact) mass is 503 g/mol. The fraction of sp³-hybridized carbons (Fsp3) is 0.346. The van der Waals surface area contributed by atoms with E-state index in [1.807, 2.05) is 44.2 Å². The molecular weight excluding hydrogens is 478 g/mol. The maximum absolute atomic E-state index is 14.1. The number of carbonyl (C=O) groups excluding carboxylic acids is 1. The zero-order valence-electron chi connectivity index (χ0n) is 20.6. The van der Waals surface area contributed by atoms with E-state index in [4.69, 9.17) is 26.4 Å². The lowest BCUT2D eigenvalue weighted by Gasteiger charge is -2.28. The number of hydrogen-bond donors (Lipinski definition) is 0. The number of benzene rings is 1. The first-order valence-corrected chi connectivity index (χ1v) is 12.4. The summed E-state index contributed by atoms with van der Waals surface area (Å²) < 4.78 is 9.40. The molecule has 5 heterocycles. The van der Waals surface area contributed by atoms with Crippen molar-refractivity contribution in [1.82, 2.24) is 29.4 Å². The second kappa shape index (κ2) is 8.53. The highest BCUT2D eigenvalue weighted by Crippen LogP contribution is 2.44. The van der Waals surface area contributed by atoms with Crippen molar-refractivity contribution in [1.29, 1.82) is 0 Å². The van der Waals surface area contributed by atoms with Crippen molar-refractivity contribution in [3.05, 3.63) is 75.6 Å². The smallest absolute Gasteiger partial charge is 0.280 e. The molecule has 10 heteroatoms. The summed E-state index contributed by atoms with van der Waals surface area (Å²) in [6.45, 7) is 9.22. The molecule has 4 aromatic rings. The molecular formula is C26H26ClN7O2. The van der Waals surface area contributed by atoms with Gasteiger partial charge in [0.2, 0.25) is 0 Å². The molecule has 0 saturated carbocycles. The van der Waals surface area contributed by atoms with Crippen LogP contribution in [0.4, 0.5) is 5.82 Å². The maximum Gasteiger partial charge on any atom is 0.280 e. The summed E-state index contributed by atoms with van der Waals surface area (Å²) in [5.41, 5.74) is 4.90. The first-order valence-electron chi connectivity index (χ1n) is 12.0. The van der Waals surface area contributed by atoms with Gasteiger partial charge in [-0.3, -0.25) is 9.69 Å². The molecule has 0 fully saturated rings. The molecule has 1 aromatic carbocycles. The van der Waals surface area contributed by atoms with Gasteiger partial charge in [0.05, 0.1) is 18.9 Å². The molecule has 0 bridgehead atoms. The minimum atomic E-state index is -0.421. The number of ether oxygens (including phenoxy) is 1. The van der Waals surface area contributed by atoms with Crippen molar-refractivity contribution in [2.75, 3.05) is 18.1 Å². The largest absolute Gasteiger partial charge is 0.377 e. The first-order chi connectivity index (χ1) is 17.3. The zero-order valence-corrected chi connectivity index (χ0v) is 21.3. The normalized spacial score (nSPS) is 17.8. The summed E-state index contributed by atoms with van der Waals surface area (Å²) in [6, 6.07) is 9.17. The van der Waals surface area contributed by atoms with E-state index in [-0.39, 0.29) is 11.9 Å². The SMILES string of the molecule is Cc1cc(N2C(=O)c3nc(C4=CCOCC4)n(C(C)C)c3[C@@H]2c2ccc(Cl)cc2)nn2c(C)nnc12. The Morgan fingerprint density at radius 2 is 1.92 bits per heavy atom. The molecule has 0 unspecified atom stereocenters. The van der Waals surface area contributed by atoms with Gasteiger partial charge in [0.25, 0.3) is 5.91 Å².